The molecule has 0 bridgehead atoms. The van der Waals surface area contributed by atoms with Gasteiger partial charge in [0.25, 0.3) is 5.91 Å². The summed E-state index contributed by atoms with van der Waals surface area (Å²) in [4.78, 5) is 35.0. The summed E-state index contributed by atoms with van der Waals surface area (Å²) in [6, 6.07) is 6.60. The third-order valence-electron chi connectivity index (χ3n) is 6.06. The van der Waals surface area contributed by atoms with Gasteiger partial charge in [-0.2, -0.15) is 0 Å². The Morgan fingerprint density at radius 1 is 1.00 bits per heavy atom. The summed E-state index contributed by atoms with van der Waals surface area (Å²) < 4.78 is 14.7. The number of pyridine rings is 1. The van der Waals surface area contributed by atoms with Crippen LogP contribution in [-0.2, 0) is 4.79 Å². The normalized spacial score (nSPS) is 17.1. The fraction of sp³-hybridized carbons (Fsp3) is 0.435. The number of carbonyl (C=O) groups is 2. The van der Waals surface area contributed by atoms with E-state index in [4.69, 9.17) is 4.98 Å². The van der Waals surface area contributed by atoms with Gasteiger partial charge in [-0.3, -0.25) is 9.59 Å². The van der Waals surface area contributed by atoms with Crippen molar-refractivity contribution in [3.05, 3.63) is 52.5 Å². The molecule has 0 aliphatic carbocycles. The first-order chi connectivity index (χ1) is 14.3. The monoisotopic (exact) mass is 410 g/mol. The lowest BCUT2D eigenvalue weighted by atomic mass is 10.1. The molecule has 6 nitrogen and oxygen atoms in total. The Bertz CT molecular complexity index is 999. The summed E-state index contributed by atoms with van der Waals surface area (Å²) in [6.07, 6.45) is 1.27. The number of hydrogen-bond donors (Lipinski definition) is 0. The van der Waals surface area contributed by atoms with E-state index < -0.39 is 5.82 Å². The minimum atomic E-state index is -0.577. The third kappa shape index (κ3) is 3.76. The van der Waals surface area contributed by atoms with Gasteiger partial charge in [-0.15, -0.1) is 0 Å². The van der Waals surface area contributed by atoms with E-state index in [9.17, 15) is 14.0 Å². The van der Waals surface area contributed by atoms with Crippen molar-refractivity contribution in [2.75, 3.05) is 42.5 Å². The molecule has 2 fully saturated rings. The number of halogens is 1. The molecular formula is C23H27FN4O2. The number of aromatic nitrogens is 1. The highest BCUT2D eigenvalue weighted by molar-refractivity contribution is 5.98. The maximum absolute atomic E-state index is 14.7. The number of anilines is 2. The van der Waals surface area contributed by atoms with Gasteiger partial charge >= 0.3 is 0 Å². The second-order valence-electron chi connectivity index (χ2n) is 8.12. The number of benzene rings is 1. The molecule has 0 atom stereocenters. The quantitative estimate of drug-likeness (QED) is 0.780. The molecule has 0 N–H and O–H groups in total. The number of piperazine rings is 1. The maximum atomic E-state index is 14.7. The zero-order chi connectivity index (χ0) is 21.4. The van der Waals surface area contributed by atoms with Gasteiger partial charge in [0.05, 0.1) is 5.56 Å². The van der Waals surface area contributed by atoms with Gasteiger partial charge in [0.1, 0.15) is 11.6 Å². The Balaban J connectivity index is 1.44. The predicted molar refractivity (Wildman–Crippen MR) is 115 cm³/mol. The van der Waals surface area contributed by atoms with Crippen molar-refractivity contribution in [2.24, 2.45) is 0 Å². The maximum Gasteiger partial charge on any atom is 0.256 e. The van der Waals surface area contributed by atoms with Crippen LogP contribution in [0.4, 0.5) is 15.9 Å². The van der Waals surface area contributed by atoms with Gasteiger partial charge in [-0.05, 0) is 56.5 Å². The molecule has 2 aliphatic rings. The average Bonchev–Trinajstić information content (AvgIpc) is 3.16. The van der Waals surface area contributed by atoms with Crippen LogP contribution in [0, 0.1) is 26.6 Å². The fourth-order valence-electron chi connectivity index (χ4n) is 4.21. The molecule has 3 heterocycles. The van der Waals surface area contributed by atoms with Crippen molar-refractivity contribution >= 4 is 23.3 Å². The van der Waals surface area contributed by atoms with E-state index in [1.807, 2.05) is 13.8 Å². The molecule has 2 aromatic rings. The van der Waals surface area contributed by atoms with Crippen molar-refractivity contribution in [1.82, 2.24) is 9.88 Å². The third-order valence-corrected chi connectivity index (χ3v) is 6.06. The number of carbonyl (C=O) groups excluding carboxylic acids is 2. The Hall–Kier alpha value is -2.96. The van der Waals surface area contributed by atoms with Crippen LogP contribution in [0.25, 0.3) is 0 Å². The molecular weight excluding hydrogens is 383 g/mol. The standard InChI is InChI=1S/C23H27FN4O2/c1-15-13-16(2)22(25-17(15)3)26-9-11-27(12-10-26)23(30)19-7-6-18(14-20(19)24)28-8-4-5-21(28)29/h6-7,13-14H,4-5,8-12H2,1-3H3. The van der Waals surface area contributed by atoms with E-state index in [2.05, 4.69) is 17.9 Å². The molecule has 0 saturated carbocycles. The summed E-state index contributed by atoms with van der Waals surface area (Å²) in [5, 5.41) is 0. The lowest BCUT2D eigenvalue weighted by Crippen LogP contribution is -2.49. The number of amides is 2. The summed E-state index contributed by atoms with van der Waals surface area (Å²) in [7, 11) is 0. The van der Waals surface area contributed by atoms with Gasteiger partial charge in [0, 0.05) is 50.5 Å². The summed E-state index contributed by atoms with van der Waals surface area (Å²) in [5.41, 5.74) is 3.87. The lowest BCUT2D eigenvalue weighted by molar-refractivity contribution is -0.117. The second kappa shape index (κ2) is 8.05. The molecule has 2 amide bonds. The minimum absolute atomic E-state index is 0.000145. The average molecular weight is 410 g/mol. The molecule has 2 saturated heterocycles. The molecule has 4 rings (SSSR count). The SMILES string of the molecule is Cc1cc(C)c(N2CCN(C(=O)c3ccc(N4CCCC4=O)cc3F)CC2)nc1C. The van der Waals surface area contributed by atoms with Gasteiger partial charge in [-0.1, -0.05) is 6.07 Å². The molecule has 30 heavy (non-hydrogen) atoms. The van der Waals surface area contributed by atoms with Crippen LogP contribution in [0.1, 0.15) is 40.0 Å². The second-order valence-corrected chi connectivity index (χ2v) is 8.12. The molecule has 1 aromatic heterocycles. The molecule has 0 radical (unpaired) electrons. The minimum Gasteiger partial charge on any atom is -0.353 e. The number of hydrogen-bond acceptors (Lipinski definition) is 4. The van der Waals surface area contributed by atoms with E-state index in [0.717, 1.165) is 23.5 Å². The van der Waals surface area contributed by atoms with Crippen LogP contribution in [0.15, 0.2) is 24.3 Å². The largest absolute Gasteiger partial charge is 0.353 e. The van der Waals surface area contributed by atoms with Crippen molar-refractivity contribution in [3.63, 3.8) is 0 Å². The van der Waals surface area contributed by atoms with Crippen LogP contribution in [0.2, 0.25) is 0 Å². The van der Waals surface area contributed by atoms with Crippen molar-refractivity contribution < 1.29 is 14.0 Å². The molecule has 0 unspecified atom stereocenters. The first-order valence-corrected chi connectivity index (χ1v) is 10.4. The fourth-order valence-corrected chi connectivity index (χ4v) is 4.21. The van der Waals surface area contributed by atoms with E-state index in [1.54, 1.807) is 15.9 Å². The van der Waals surface area contributed by atoms with Crippen LogP contribution in [0.3, 0.4) is 0 Å². The highest BCUT2D eigenvalue weighted by atomic mass is 19.1. The van der Waals surface area contributed by atoms with Crippen molar-refractivity contribution in [1.29, 1.82) is 0 Å². The number of nitrogens with zero attached hydrogens (tertiary/aromatic N) is 4. The van der Waals surface area contributed by atoms with E-state index >= 15 is 0 Å². The summed E-state index contributed by atoms with van der Waals surface area (Å²) >= 11 is 0. The van der Waals surface area contributed by atoms with Crippen LogP contribution >= 0.6 is 0 Å². The van der Waals surface area contributed by atoms with Crippen LogP contribution in [0.5, 0.6) is 0 Å². The zero-order valence-corrected chi connectivity index (χ0v) is 17.7. The van der Waals surface area contributed by atoms with E-state index in [-0.39, 0.29) is 17.4 Å². The van der Waals surface area contributed by atoms with Gasteiger partial charge in [0.2, 0.25) is 5.91 Å². The van der Waals surface area contributed by atoms with Crippen molar-refractivity contribution in [2.45, 2.75) is 33.6 Å². The predicted octanol–water partition coefficient (Wildman–Crippen LogP) is 3.24. The summed E-state index contributed by atoms with van der Waals surface area (Å²) in [5.74, 6) is 0.0679. The Morgan fingerprint density at radius 2 is 1.73 bits per heavy atom. The first kappa shape index (κ1) is 20.3. The first-order valence-electron chi connectivity index (χ1n) is 10.4. The van der Waals surface area contributed by atoms with Gasteiger partial charge in [0.15, 0.2) is 0 Å². The topological polar surface area (TPSA) is 56.8 Å². The van der Waals surface area contributed by atoms with E-state index in [1.165, 1.54) is 17.7 Å². The van der Waals surface area contributed by atoms with Crippen molar-refractivity contribution in [3.8, 4) is 0 Å². The molecule has 0 spiro atoms. The Kier molecular flexibility index (Phi) is 5.45. The molecule has 1 aromatic carbocycles. The number of rotatable bonds is 3. The van der Waals surface area contributed by atoms with E-state index in [0.29, 0.717) is 44.8 Å². The highest BCUT2D eigenvalue weighted by Gasteiger charge is 2.27. The smallest absolute Gasteiger partial charge is 0.256 e. The van der Waals surface area contributed by atoms with Crippen LogP contribution < -0.4 is 9.80 Å². The number of aryl methyl sites for hydroxylation is 3. The van der Waals surface area contributed by atoms with Gasteiger partial charge in [-0.25, -0.2) is 9.37 Å². The summed E-state index contributed by atoms with van der Waals surface area (Å²) in [6.45, 7) is 9.04. The van der Waals surface area contributed by atoms with Gasteiger partial charge < -0.3 is 14.7 Å². The zero-order valence-electron chi connectivity index (χ0n) is 17.7. The van der Waals surface area contributed by atoms with Crippen LogP contribution in [-0.4, -0.2) is 54.4 Å². The Labute approximate surface area is 176 Å². The lowest BCUT2D eigenvalue weighted by Gasteiger charge is -2.36. The molecule has 158 valence electrons. The highest BCUT2D eigenvalue weighted by Crippen LogP contribution is 2.25. The molecule has 7 heteroatoms. The Morgan fingerprint density at radius 3 is 2.37 bits per heavy atom. The molecule has 2 aliphatic heterocycles.